The fourth-order valence-electron chi connectivity index (χ4n) is 6.25. The van der Waals surface area contributed by atoms with E-state index in [0.29, 0.717) is 6.42 Å². The second-order valence-corrected chi connectivity index (χ2v) is 8.38. The van der Waals surface area contributed by atoms with Gasteiger partial charge in [0.1, 0.15) is 6.04 Å². The van der Waals surface area contributed by atoms with Crippen molar-refractivity contribution in [2.24, 2.45) is 23.2 Å². The number of hydrogen-bond acceptors (Lipinski definition) is 3. The Hall–Kier alpha value is -1.10. The van der Waals surface area contributed by atoms with Crippen molar-refractivity contribution in [3.05, 3.63) is 0 Å². The summed E-state index contributed by atoms with van der Waals surface area (Å²) in [6, 6.07) is -0.837. The van der Waals surface area contributed by atoms with Gasteiger partial charge in [-0.1, -0.05) is 0 Å². The monoisotopic (exact) mass is 307 g/mol. The summed E-state index contributed by atoms with van der Waals surface area (Å²) in [5.41, 5.74) is 0.127. The summed E-state index contributed by atoms with van der Waals surface area (Å²) in [6.07, 6.45) is 7.45. The molecule has 0 spiro atoms. The fourth-order valence-corrected chi connectivity index (χ4v) is 6.25. The minimum Gasteiger partial charge on any atom is -0.480 e. The van der Waals surface area contributed by atoms with E-state index < -0.39 is 18.1 Å². The first-order valence-corrected chi connectivity index (χ1v) is 8.64. The first kappa shape index (κ1) is 14.5. The van der Waals surface area contributed by atoms with Crippen LogP contribution < -0.4 is 0 Å². The molecule has 1 heterocycles. The molecule has 0 unspecified atom stereocenters. The van der Waals surface area contributed by atoms with Crippen LogP contribution in [0.3, 0.4) is 0 Å². The molecule has 5 rings (SSSR count). The number of rotatable bonds is 3. The average Bonchev–Trinajstić information content (AvgIpc) is 2.79. The van der Waals surface area contributed by atoms with Crippen molar-refractivity contribution in [2.45, 2.75) is 63.5 Å². The van der Waals surface area contributed by atoms with E-state index in [4.69, 9.17) is 0 Å². The van der Waals surface area contributed by atoms with Crippen LogP contribution >= 0.6 is 0 Å². The van der Waals surface area contributed by atoms with Gasteiger partial charge in [-0.3, -0.25) is 4.79 Å². The van der Waals surface area contributed by atoms with Gasteiger partial charge in [-0.25, -0.2) is 4.79 Å². The zero-order valence-electron chi connectivity index (χ0n) is 12.9. The Morgan fingerprint density at radius 1 is 1.00 bits per heavy atom. The van der Waals surface area contributed by atoms with Gasteiger partial charge in [-0.15, -0.1) is 0 Å². The molecule has 0 aromatic rings. The van der Waals surface area contributed by atoms with E-state index in [1.165, 1.54) is 24.2 Å². The van der Waals surface area contributed by atoms with Crippen LogP contribution in [0.25, 0.3) is 0 Å². The Morgan fingerprint density at radius 3 is 2.05 bits per heavy atom. The van der Waals surface area contributed by atoms with E-state index in [1.54, 1.807) is 0 Å². The molecular formula is C17H25NO4. The molecule has 0 aromatic carbocycles. The number of carbonyl (C=O) groups excluding carboxylic acids is 1. The zero-order valence-corrected chi connectivity index (χ0v) is 12.9. The number of nitrogens with zero attached hydrogens (tertiary/aromatic N) is 1. The van der Waals surface area contributed by atoms with Crippen molar-refractivity contribution < 1.29 is 19.8 Å². The maximum Gasteiger partial charge on any atom is 0.326 e. The van der Waals surface area contributed by atoms with Gasteiger partial charge in [0.25, 0.3) is 0 Å². The van der Waals surface area contributed by atoms with E-state index in [0.717, 1.165) is 37.0 Å². The molecule has 4 bridgehead atoms. The summed E-state index contributed by atoms with van der Waals surface area (Å²) >= 11 is 0. The van der Waals surface area contributed by atoms with Gasteiger partial charge in [-0.2, -0.15) is 0 Å². The molecule has 5 heteroatoms. The molecule has 4 saturated carbocycles. The molecule has 2 N–H and O–H groups in total. The third kappa shape index (κ3) is 2.34. The maximum absolute atomic E-state index is 12.7. The Labute approximate surface area is 130 Å². The van der Waals surface area contributed by atoms with E-state index in [9.17, 15) is 19.8 Å². The van der Waals surface area contributed by atoms with Crippen LogP contribution in [-0.2, 0) is 9.59 Å². The molecule has 1 saturated heterocycles. The highest BCUT2D eigenvalue weighted by atomic mass is 16.4. The van der Waals surface area contributed by atoms with Crippen LogP contribution in [0.4, 0.5) is 0 Å². The number of amides is 1. The van der Waals surface area contributed by atoms with Gasteiger partial charge < -0.3 is 15.1 Å². The minimum atomic E-state index is -0.990. The van der Waals surface area contributed by atoms with Gasteiger partial charge >= 0.3 is 5.97 Å². The highest BCUT2D eigenvalue weighted by molar-refractivity contribution is 5.84. The molecule has 5 aliphatic rings. The molecule has 22 heavy (non-hydrogen) atoms. The summed E-state index contributed by atoms with van der Waals surface area (Å²) in [6.45, 7) is 0.183. The Balaban J connectivity index is 1.49. The lowest BCUT2D eigenvalue weighted by Gasteiger charge is -2.57. The predicted molar refractivity (Wildman–Crippen MR) is 79.0 cm³/mol. The Morgan fingerprint density at radius 2 is 1.55 bits per heavy atom. The van der Waals surface area contributed by atoms with Crippen LogP contribution in [0.1, 0.15) is 51.4 Å². The summed E-state index contributed by atoms with van der Waals surface area (Å²) < 4.78 is 0. The van der Waals surface area contributed by atoms with Gasteiger partial charge in [0, 0.05) is 19.4 Å². The van der Waals surface area contributed by atoms with Crippen LogP contribution in [-0.4, -0.2) is 45.7 Å². The summed E-state index contributed by atoms with van der Waals surface area (Å²) in [5, 5.41) is 19.0. The minimum absolute atomic E-state index is 0.0501. The third-order valence-electron chi connectivity index (χ3n) is 6.58. The molecule has 122 valence electrons. The average molecular weight is 307 g/mol. The second-order valence-electron chi connectivity index (χ2n) is 8.38. The quantitative estimate of drug-likeness (QED) is 0.831. The normalized spacial score (nSPS) is 46.2. The maximum atomic E-state index is 12.7. The first-order valence-electron chi connectivity index (χ1n) is 8.64. The Bertz CT molecular complexity index is 468. The lowest BCUT2D eigenvalue weighted by atomic mass is 9.49. The van der Waals surface area contributed by atoms with Crippen LogP contribution in [0.2, 0.25) is 0 Å². The molecule has 0 radical (unpaired) electrons. The van der Waals surface area contributed by atoms with Crippen molar-refractivity contribution in [1.82, 2.24) is 4.90 Å². The van der Waals surface area contributed by atoms with E-state index in [-0.39, 0.29) is 24.3 Å². The zero-order chi connectivity index (χ0) is 15.5. The summed E-state index contributed by atoms with van der Waals surface area (Å²) in [7, 11) is 0. The fraction of sp³-hybridized carbons (Fsp3) is 0.882. The molecule has 1 amide bonds. The highest BCUT2D eigenvalue weighted by Gasteiger charge is 2.52. The number of likely N-dealkylation sites (tertiary alicyclic amines) is 1. The van der Waals surface area contributed by atoms with Crippen molar-refractivity contribution >= 4 is 11.9 Å². The first-order chi connectivity index (χ1) is 10.4. The van der Waals surface area contributed by atoms with Crippen LogP contribution in [0, 0.1) is 23.2 Å². The van der Waals surface area contributed by atoms with Crippen molar-refractivity contribution in [1.29, 1.82) is 0 Å². The molecule has 5 fully saturated rings. The highest BCUT2D eigenvalue weighted by Crippen LogP contribution is 2.61. The van der Waals surface area contributed by atoms with Gasteiger partial charge in [0.05, 0.1) is 6.10 Å². The number of carboxylic acid groups (broad SMARTS) is 1. The van der Waals surface area contributed by atoms with Crippen molar-refractivity contribution in [3.63, 3.8) is 0 Å². The van der Waals surface area contributed by atoms with Gasteiger partial charge in [0.15, 0.2) is 0 Å². The van der Waals surface area contributed by atoms with Gasteiger partial charge in [-0.05, 0) is 61.7 Å². The topological polar surface area (TPSA) is 77.8 Å². The molecule has 1 aliphatic heterocycles. The number of aliphatic carboxylic acids is 1. The van der Waals surface area contributed by atoms with Gasteiger partial charge in [0.2, 0.25) is 5.91 Å². The number of carboxylic acids is 1. The second kappa shape index (κ2) is 4.95. The molecule has 0 aromatic heterocycles. The molecular weight excluding hydrogens is 282 g/mol. The molecule has 4 aliphatic carbocycles. The SMILES string of the molecule is O=C(O)[C@@H]1C[C@@H](O)CN1C(=O)CC12CC3CC(CC(C3)C1)C2. The van der Waals surface area contributed by atoms with Crippen LogP contribution in [0.15, 0.2) is 0 Å². The lowest BCUT2D eigenvalue weighted by molar-refractivity contribution is -0.151. The smallest absolute Gasteiger partial charge is 0.326 e. The van der Waals surface area contributed by atoms with Crippen molar-refractivity contribution in [2.75, 3.05) is 6.54 Å². The number of hydrogen-bond donors (Lipinski definition) is 2. The predicted octanol–water partition coefficient (Wildman–Crippen LogP) is 1.64. The van der Waals surface area contributed by atoms with E-state index >= 15 is 0 Å². The van der Waals surface area contributed by atoms with Crippen molar-refractivity contribution in [3.8, 4) is 0 Å². The standard InChI is InChI=1S/C17H25NO4/c19-13-4-14(16(21)22)18(9-13)15(20)8-17-5-10-1-11(6-17)3-12(2-10)7-17/h10-14,19H,1-9H2,(H,21,22)/t10?,11?,12?,13-,14+,17?/m1/s1. The third-order valence-corrected chi connectivity index (χ3v) is 6.58. The largest absolute Gasteiger partial charge is 0.480 e. The van der Waals surface area contributed by atoms with Crippen LogP contribution in [0.5, 0.6) is 0 Å². The number of aliphatic hydroxyl groups excluding tert-OH is 1. The van der Waals surface area contributed by atoms with E-state index in [2.05, 4.69) is 0 Å². The summed E-state index contributed by atoms with van der Waals surface area (Å²) in [5.74, 6) is 1.33. The van der Waals surface area contributed by atoms with E-state index in [1.807, 2.05) is 0 Å². The molecule has 5 nitrogen and oxygen atoms in total. The Kier molecular flexibility index (Phi) is 3.26. The number of carbonyl (C=O) groups is 2. The lowest BCUT2D eigenvalue weighted by Crippen LogP contribution is -2.49. The number of aliphatic hydroxyl groups is 1. The number of β-amino-alcohol motifs (C(OH)–C–C–N with tert-alkyl or cyclic N) is 1. The molecule has 2 atom stereocenters. The summed E-state index contributed by atoms with van der Waals surface area (Å²) in [4.78, 5) is 25.5.